The fraction of sp³-hybridized carbons (Fsp3) is 0.630. The Morgan fingerprint density at radius 3 is 2.06 bits per heavy atom. The van der Waals surface area contributed by atoms with Crippen LogP contribution >= 0.6 is 0 Å². The molecule has 0 bridgehead atoms. The van der Waals surface area contributed by atoms with Gasteiger partial charge in [0.2, 0.25) is 0 Å². The summed E-state index contributed by atoms with van der Waals surface area (Å²) in [4.78, 5) is 23.2. The molecule has 0 spiro atoms. The van der Waals surface area contributed by atoms with Crippen molar-refractivity contribution in [2.75, 3.05) is 13.2 Å². The molecule has 0 fully saturated rings. The Hall–Kier alpha value is -2.30. The molecule has 5 nitrogen and oxygen atoms in total. The molecule has 0 aliphatic carbocycles. The molecule has 1 aromatic heterocycles. The number of benzene rings is 1. The number of hydrogen-bond acceptors (Lipinski definition) is 5. The van der Waals surface area contributed by atoms with Crippen molar-refractivity contribution in [3.05, 3.63) is 40.8 Å². The number of ether oxygens (including phenoxy) is 2. The van der Waals surface area contributed by atoms with E-state index in [9.17, 15) is 9.59 Å². The molecule has 0 aliphatic heterocycles. The maximum absolute atomic E-state index is 11.6. The first-order chi connectivity index (χ1) is 15.6. The number of fused-ring (bicyclic) bond motifs is 1. The number of carbonyl (C=O) groups excluding carboxylic acids is 1. The van der Waals surface area contributed by atoms with Crippen LogP contribution in [0, 0.1) is 5.92 Å². The molecule has 1 atom stereocenters. The molecule has 0 amide bonds. The van der Waals surface area contributed by atoms with Crippen LogP contribution in [0.25, 0.3) is 11.0 Å². The predicted molar refractivity (Wildman–Crippen MR) is 129 cm³/mol. The van der Waals surface area contributed by atoms with Crippen molar-refractivity contribution in [2.24, 2.45) is 5.92 Å². The van der Waals surface area contributed by atoms with Crippen molar-refractivity contribution in [3.63, 3.8) is 0 Å². The molecular weight excluding hydrogens is 404 g/mol. The quantitative estimate of drug-likeness (QED) is 0.148. The smallest absolute Gasteiger partial charge is 0.339 e. The first-order valence-electron chi connectivity index (χ1n) is 12.4. The van der Waals surface area contributed by atoms with E-state index >= 15 is 0 Å². The van der Waals surface area contributed by atoms with Crippen LogP contribution in [0.1, 0.15) is 90.9 Å². The first-order valence-corrected chi connectivity index (χ1v) is 12.4. The molecule has 178 valence electrons. The lowest BCUT2D eigenvalue weighted by Gasteiger charge is -2.09. The SMILES string of the molecule is CCC(C)C(=O)OCCCCCCCCCCCCCOc1cc(=O)oc2ccccc12. The standard InChI is InChI=1S/C27H40O5/c1-3-22(2)27(29)31-20-16-12-10-8-6-4-5-7-9-11-15-19-30-25-21-26(28)32-24-18-14-13-17-23(24)25/h13-14,17-18,21-22H,3-12,15-16,19-20H2,1-2H3. The maximum atomic E-state index is 11.6. The minimum atomic E-state index is -0.372. The zero-order valence-electron chi connectivity index (χ0n) is 19.9. The maximum Gasteiger partial charge on any atom is 0.339 e. The Labute approximate surface area is 192 Å². The second-order valence-corrected chi connectivity index (χ2v) is 8.64. The van der Waals surface area contributed by atoms with E-state index in [0.717, 1.165) is 37.5 Å². The third-order valence-corrected chi connectivity index (χ3v) is 5.92. The van der Waals surface area contributed by atoms with E-state index in [0.29, 0.717) is 24.5 Å². The van der Waals surface area contributed by atoms with Crippen LogP contribution in [0.4, 0.5) is 0 Å². The van der Waals surface area contributed by atoms with Gasteiger partial charge in [0, 0.05) is 0 Å². The van der Waals surface area contributed by atoms with Gasteiger partial charge in [0.1, 0.15) is 11.3 Å². The van der Waals surface area contributed by atoms with Gasteiger partial charge in [0.05, 0.1) is 30.6 Å². The van der Waals surface area contributed by atoms with Gasteiger partial charge >= 0.3 is 11.6 Å². The Kier molecular flexibility index (Phi) is 12.6. The van der Waals surface area contributed by atoms with E-state index in [1.807, 2.05) is 32.0 Å². The number of unbranched alkanes of at least 4 members (excludes halogenated alkanes) is 10. The van der Waals surface area contributed by atoms with Crippen LogP contribution in [-0.4, -0.2) is 19.2 Å². The van der Waals surface area contributed by atoms with Crippen molar-refractivity contribution >= 4 is 16.9 Å². The van der Waals surface area contributed by atoms with E-state index in [-0.39, 0.29) is 17.5 Å². The Balaban J connectivity index is 1.40. The third-order valence-electron chi connectivity index (χ3n) is 5.92. The largest absolute Gasteiger partial charge is 0.493 e. The van der Waals surface area contributed by atoms with E-state index < -0.39 is 0 Å². The van der Waals surface area contributed by atoms with Gasteiger partial charge in [0.15, 0.2) is 0 Å². The number of carbonyl (C=O) groups is 1. The highest BCUT2D eigenvalue weighted by molar-refractivity contribution is 5.82. The van der Waals surface area contributed by atoms with Gasteiger partial charge in [0.25, 0.3) is 0 Å². The molecule has 2 rings (SSSR count). The van der Waals surface area contributed by atoms with Crippen LogP contribution in [0.5, 0.6) is 5.75 Å². The van der Waals surface area contributed by atoms with Gasteiger partial charge in [-0.2, -0.15) is 0 Å². The number of esters is 1. The molecule has 32 heavy (non-hydrogen) atoms. The van der Waals surface area contributed by atoms with Crippen molar-refractivity contribution in [1.82, 2.24) is 0 Å². The lowest BCUT2D eigenvalue weighted by atomic mass is 10.1. The van der Waals surface area contributed by atoms with Gasteiger partial charge < -0.3 is 13.9 Å². The Morgan fingerprint density at radius 1 is 0.875 bits per heavy atom. The lowest BCUT2D eigenvalue weighted by Crippen LogP contribution is -2.14. The summed E-state index contributed by atoms with van der Waals surface area (Å²) in [6, 6.07) is 8.90. The molecule has 2 aromatic rings. The predicted octanol–water partition coefficient (Wildman–Crippen LogP) is 7.05. The van der Waals surface area contributed by atoms with Crippen LogP contribution < -0.4 is 10.4 Å². The molecule has 0 saturated carbocycles. The molecule has 0 saturated heterocycles. The normalized spacial score (nSPS) is 12.1. The summed E-state index contributed by atoms with van der Waals surface area (Å²) in [6.07, 6.45) is 14.0. The van der Waals surface area contributed by atoms with Crippen LogP contribution in [0.2, 0.25) is 0 Å². The highest BCUT2D eigenvalue weighted by Crippen LogP contribution is 2.23. The molecule has 1 aromatic carbocycles. The minimum Gasteiger partial charge on any atom is -0.493 e. The zero-order valence-corrected chi connectivity index (χ0v) is 19.9. The fourth-order valence-electron chi connectivity index (χ4n) is 3.66. The zero-order chi connectivity index (χ0) is 23.0. The second-order valence-electron chi connectivity index (χ2n) is 8.64. The Bertz CT molecular complexity index is 841. The average Bonchev–Trinajstić information content (AvgIpc) is 2.80. The third kappa shape index (κ3) is 9.88. The monoisotopic (exact) mass is 444 g/mol. The van der Waals surface area contributed by atoms with Crippen molar-refractivity contribution < 1.29 is 18.7 Å². The molecule has 0 aliphatic rings. The number of hydrogen-bond donors (Lipinski definition) is 0. The number of para-hydroxylation sites is 1. The summed E-state index contributed by atoms with van der Waals surface area (Å²) in [7, 11) is 0. The highest BCUT2D eigenvalue weighted by atomic mass is 16.5. The molecule has 5 heteroatoms. The molecule has 1 unspecified atom stereocenters. The van der Waals surface area contributed by atoms with Crippen LogP contribution in [0.15, 0.2) is 39.5 Å². The van der Waals surface area contributed by atoms with Crippen molar-refractivity contribution in [3.8, 4) is 5.75 Å². The average molecular weight is 445 g/mol. The van der Waals surface area contributed by atoms with E-state index in [1.54, 1.807) is 6.07 Å². The van der Waals surface area contributed by atoms with Crippen molar-refractivity contribution in [2.45, 2.75) is 90.9 Å². The van der Waals surface area contributed by atoms with Crippen LogP contribution in [-0.2, 0) is 9.53 Å². The first kappa shape index (κ1) is 26.0. The number of rotatable bonds is 17. The van der Waals surface area contributed by atoms with Gasteiger partial charge in [-0.15, -0.1) is 0 Å². The van der Waals surface area contributed by atoms with Gasteiger partial charge in [-0.3, -0.25) is 4.79 Å². The van der Waals surface area contributed by atoms with Gasteiger partial charge in [-0.1, -0.05) is 83.8 Å². The topological polar surface area (TPSA) is 65.7 Å². The van der Waals surface area contributed by atoms with E-state index in [4.69, 9.17) is 13.9 Å². The molecule has 0 N–H and O–H groups in total. The minimum absolute atomic E-state index is 0.0232. The summed E-state index contributed by atoms with van der Waals surface area (Å²) >= 11 is 0. The second kappa shape index (κ2) is 15.5. The summed E-state index contributed by atoms with van der Waals surface area (Å²) in [5, 5.41) is 0.846. The van der Waals surface area contributed by atoms with Crippen molar-refractivity contribution in [1.29, 1.82) is 0 Å². The highest BCUT2D eigenvalue weighted by Gasteiger charge is 2.11. The van der Waals surface area contributed by atoms with Gasteiger partial charge in [-0.05, 0) is 31.4 Å². The van der Waals surface area contributed by atoms with Crippen LogP contribution in [0.3, 0.4) is 0 Å². The van der Waals surface area contributed by atoms with E-state index in [2.05, 4.69) is 0 Å². The fourth-order valence-corrected chi connectivity index (χ4v) is 3.66. The molecular formula is C27H40O5. The summed E-state index contributed by atoms with van der Waals surface area (Å²) in [5.41, 5.74) is 0.198. The summed E-state index contributed by atoms with van der Waals surface area (Å²) < 4.78 is 16.3. The lowest BCUT2D eigenvalue weighted by molar-refractivity contribution is -0.148. The van der Waals surface area contributed by atoms with Gasteiger partial charge in [-0.25, -0.2) is 4.79 Å². The molecule has 0 radical (unpaired) electrons. The summed E-state index contributed by atoms with van der Waals surface area (Å²) in [6.45, 7) is 5.13. The Morgan fingerprint density at radius 2 is 1.44 bits per heavy atom. The molecule has 1 heterocycles. The van der Waals surface area contributed by atoms with E-state index in [1.165, 1.54) is 51.0 Å². The summed E-state index contributed by atoms with van der Waals surface area (Å²) in [5.74, 6) is 0.584.